The van der Waals surface area contributed by atoms with Crippen LogP contribution in [0.3, 0.4) is 0 Å². The van der Waals surface area contributed by atoms with Gasteiger partial charge in [-0.1, -0.05) is 11.6 Å². The van der Waals surface area contributed by atoms with Gasteiger partial charge in [-0.05, 0) is 18.2 Å². The van der Waals surface area contributed by atoms with Gasteiger partial charge in [-0.25, -0.2) is 4.79 Å². The van der Waals surface area contributed by atoms with Crippen molar-refractivity contribution in [3.63, 3.8) is 0 Å². The zero-order chi connectivity index (χ0) is 14.5. The quantitative estimate of drug-likeness (QED) is 0.781. The van der Waals surface area contributed by atoms with Crippen LogP contribution in [0.5, 0.6) is 0 Å². The third kappa shape index (κ3) is 3.93. The Hall–Kier alpha value is -1.63. The van der Waals surface area contributed by atoms with E-state index in [-0.39, 0.29) is 29.7 Å². The summed E-state index contributed by atoms with van der Waals surface area (Å²) in [5.74, 6) is -1.42. The SMILES string of the molecule is O=C(CC1CNCCO1)Nc1cc(Cl)ccc1C(=O)O. The van der Waals surface area contributed by atoms with Crippen LogP contribution in [-0.2, 0) is 9.53 Å². The maximum absolute atomic E-state index is 11.9. The van der Waals surface area contributed by atoms with E-state index in [0.717, 1.165) is 6.54 Å². The van der Waals surface area contributed by atoms with Gasteiger partial charge in [-0.3, -0.25) is 4.79 Å². The highest BCUT2D eigenvalue weighted by molar-refractivity contribution is 6.31. The fourth-order valence-corrected chi connectivity index (χ4v) is 2.14. The number of anilines is 1. The Balaban J connectivity index is 2.03. The molecule has 0 aromatic heterocycles. The minimum atomic E-state index is -1.12. The zero-order valence-electron chi connectivity index (χ0n) is 10.7. The normalized spacial score (nSPS) is 18.6. The predicted molar refractivity (Wildman–Crippen MR) is 74.3 cm³/mol. The van der Waals surface area contributed by atoms with E-state index in [0.29, 0.717) is 18.2 Å². The summed E-state index contributed by atoms with van der Waals surface area (Å²) in [6, 6.07) is 4.25. The summed E-state index contributed by atoms with van der Waals surface area (Å²) in [6.07, 6.45) is -0.0327. The summed E-state index contributed by atoms with van der Waals surface area (Å²) in [5.41, 5.74) is 0.198. The number of halogens is 1. The van der Waals surface area contributed by atoms with Gasteiger partial charge in [0.25, 0.3) is 0 Å². The van der Waals surface area contributed by atoms with E-state index in [2.05, 4.69) is 10.6 Å². The summed E-state index contributed by atoms with van der Waals surface area (Å²) in [4.78, 5) is 23.0. The van der Waals surface area contributed by atoms with Crippen LogP contribution >= 0.6 is 11.6 Å². The molecule has 1 saturated heterocycles. The Morgan fingerprint density at radius 2 is 2.30 bits per heavy atom. The van der Waals surface area contributed by atoms with Crippen LogP contribution in [-0.4, -0.2) is 42.8 Å². The first-order valence-electron chi connectivity index (χ1n) is 6.21. The highest BCUT2D eigenvalue weighted by Crippen LogP contribution is 2.21. The van der Waals surface area contributed by atoms with Crippen LogP contribution in [0.15, 0.2) is 18.2 Å². The number of nitrogens with one attached hydrogen (secondary N) is 2. The highest BCUT2D eigenvalue weighted by atomic mass is 35.5. The second kappa shape index (κ2) is 6.69. The first-order valence-corrected chi connectivity index (χ1v) is 6.59. The van der Waals surface area contributed by atoms with E-state index >= 15 is 0 Å². The number of hydrogen-bond acceptors (Lipinski definition) is 4. The molecular weight excluding hydrogens is 284 g/mol. The molecule has 1 aromatic carbocycles. The minimum Gasteiger partial charge on any atom is -0.478 e. The van der Waals surface area contributed by atoms with Crippen molar-refractivity contribution in [2.45, 2.75) is 12.5 Å². The minimum absolute atomic E-state index is 0.00503. The predicted octanol–water partition coefficient (Wildman–Crippen LogP) is 1.36. The molecule has 3 N–H and O–H groups in total. The molecule has 1 unspecified atom stereocenters. The average molecular weight is 299 g/mol. The molecule has 0 spiro atoms. The van der Waals surface area contributed by atoms with Crippen molar-refractivity contribution in [2.24, 2.45) is 0 Å². The zero-order valence-corrected chi connectivity index (χ0v) is 11.4. The number of carbonyl (C=O) groups is 2. The van der Waals surface area contributed by atoms with Crippen molar-refractivity contribution < 1.29 is 19.4 Å². The standard InChI is InChI=1S/C13H15ClN2O4/c14-8-1-2-10(13(18)19)11(5-8)16-12(17)6-9-7-15-3-4-20-9/h1-2,5,9,15H,3-4,6-7H2,(H,16,17)(H,18,19). The van der Waals surface area contributed by atoms with E-state index in [1.54, 1.807) is 0 Å². The third-order valence-electron chi connectivity index (χ3n) is 2.90. The van der Waals surface area contributed by atoms with Crippen LogP contribution in [0.25, 0.3) is 0 Å². The van der Waals surface area contributed by atoms with Gasteiger partial charge in [-0.2, -0.15) is 0 Å². The van der Waals surface area contributed by atoms with E-state index < -0.39 is 5.97 Å². The summed E-state index contributed by atoms with van der Waals surface area (Å²) >= 11 is 5.82. The van der Waals surface area contributed by atoms with Gasteiger partial charge < -0.3 is 20.5 Å². The fraction of sp³-hybridized carbons (Fsp3) is 0.385. The van der Waals surface area contributed by atoms with Crippen molar-refractivity contribution in [1.82, 2.24) is 5.32 Å². The van der Waals surface area contributed by atoms with Crippen molar-refractivity contribution in [1.29, 1.82) is 0 Å². The Labute approximate surface area is 121 Å². The average Bonchev–Trinajstić information content (AvgIpc) is 2.39. The number of benzene rings is 1. The molecule has 2 rings (SSSR count). The fourth-order valence-electron chi connectivity index (χ4n) is 1.97. The molecule has 1 atom stereocenters. The van der Waals surface area contributed by atoms with Crippen LogP contribution in [0, 0.1) is 0 Å². The first-order chi connectivity index (χ1) is 9.56. The van der Waals surface area contributed by atoms with Crippen LogP contribution in [0.4, 0.5) is 5.69 Å². The number of carboxylic acid groups (broad SMARTS) is 1. The molecule has 0 saturated carbocycles. The second-order valence-electron chi connectivity index (χ2n) is 4.44. The molecule has 0 radical (unpaired) electrons. The molecule has 1 aliphatic heterocycles. The lowest BCUT2D eigenvalue weighted by Gasteiger charge is -2.23. The van der Waals surface area contributed by atoms with E-state index in [1.165, 1.54) is 18.2 Å². The van der Waals surface area contributed by atoms with Gasteiger partial charge in [0.2, 0.25) is 5.91 Å². The van der Waals surface area contributed by atoms with Crippen LogP contribution in [0.1, 0.15) is 16.8 Å². The molecule has 1 heterocycles. The van der Waals surface area contributed by atoms with Crippen molar-refractivity contribution in [2.75, 3.05) is 25.0 Å². The summed E-state index contributed by atoms with van der Waals surface area (Å²) in [6.45, 7) is 1.94. The number of aromatic carboxylic acids is 1. The number of rotatable bonds is 4. The van der Waals surface area contributed by atoms with Crippen LogP contribution < -0.4 is 10.6 Å². The maximum Gasteiger partial charge on any atom is 0.337 e. The number of ether oxygens (including phenoxy) is 1. The summed E-state index contributed by atoms with van der Waals surface area (Å²) < 4.78 is 5.42. The number of morpholine rings is 1. The molecule has 0 bridgehead atoms. The van der Waals surface area contributed by atoms with Gasteiger partial charge in [0.15, 0.2) is 0 Å². The number of amides is 1. The van der Waals surface area contributed by atoms with E-state index in [1.807, 2.05) is 0 Å². The van der Waals surface area contributed by atoms with Gasteiger partial charge in [0.1, 0.15) is 0 Å². The molecule has 1 aliphatic rings. The molecule has 108 valence electrons. The summed E-state index contributed by atoms with van der Waals surface area (Å²) in [5, 5.41) is 15.1. The van der Waals surface area contributed by atoms with E-state index in [4.69, 9.17) is 21.4 Å². The van der Waals surface area contributed by atoms with Crippen molar-refractivity contribution in [3.8, 4) is 0 Å². The third-order valence-corrected chi connectivity index (χ3v) is 3.14. The molecule has 7 heteroatoms. The molecular formula is C13H15ClN2O4. The lowest BCUT2D eigenvalue weighted by molar-refractivity contribution is -0.119. The Morgan fingerprint density at radius 1 is 1.50 bits per heavy atom. The number of carbonyl (C=O) groups excluding carboxylic acids is 1. The van der Waals surface area contributed by atoms with Gasteiger partial charge in [-0.15, -0.1) is 0 Å². The largest absolute Gasteiger partial charge is 0.478 e. The van der Waals surface area contributed by atoms with Gasteiger partial charge in [0.05, 0.1) is 30.4 Å². The van der Waals surface area contributed by atoms with E-state index in [9.17, 15) is 9.59 Å². The highest BCUT2D eigenvalue weighted by Gasteiger charge is 2.19. The maximum atomic E-state index is 11.9. The molecule has 1 aromatic rings. The van der Waals surface area contributed by atoms with Crippen molar-refractivity contribution in [3.05, 3.63) is 28.8 Å². The topological polar surface area (TPSA) is 87.7 Å². The second-order valence-corrected chi connectivity index (χ2v) is 4.88. The number of carboxylic acids is 1. The molecule has 6 nitrogen and oxygen atoms in total. The summed E-state index contributed by atoms with van der Waals surface area (Å²) in [7, 11) is 0. The Morgan fingerprint density at radius 3 is 2.95 bits per heavy atom. The lowest BCUT2D eigenvalue weighted by Crippen LogP contribution is -2.40. The molecule has 1 fully saturated rings. The molecule has 20 heavy (non-hydrogen) atoms. The number of hydrogen-bond donors (Lipinski definition) is 3. The molecule has 0 aliphatic carbocycles. The smallest absolute Gasteiger partial charge is 0.337 e. The van der Waals surface area contributed by atoms with Gasteiger partial charge in [0, 0.05) is 18.1 Å². The van der Waals surface area contributed by atoms with Crippen molar-refractivity contribution >= 4 is 29.2 Å². The van der Waals surface area contributed by atoms with Crippen LogP contribution in [0.2, 0.25) is 5.02 Å². The first kappa shape index (κ1) is 14.8. The monoisotopic (exact) mass is 298 g/mol. The lowest BCUT2D eigenvalue weighted by atomic mass is 10.1. The van der Waals surface area contributed by atoms with Gasteiger partial charge >= 0.3 is 5.97 Å². The molecule has 1 amide bonds. The Kier molecular flexibility index (Phi) is 4.94. The Bertz CT molecular complexity index is 515.